The molecule has 0 aliphatic carbocycles. The molecule has 0 saturated carbocycles. The number of carbonyl (C=O) groups excluding carboxylic acids is 2. The summed E-state index contributed by atoms with van der Waals surface area (Å²) in [4.78, 5) is 27.8. The highest BCUT2D eigenvalue weighted by Crippen LogP contribution is 2.42. The van der Waals surface area contributed by atoms with Crippen molar-refractivity contribution in [3.8, 4) is 0 Å². The first-order valence-corrected chi connectivity index (χ1v) is 10.1. The zero-order valence-electron chi connectivity index (χ0n) is 13.5. The molecule has 0 bridgehead atoms. The number of furan rings is 1. The molecule has 1 atom stereocenters. The van der Waals surface area contributed by atoms with Gasteiger partial charge in [-0.25, -0.2) is 0 Å². The number of hydrogen-bond donors (Lipinski definition) is 0. The molecule has 0 spiro atoms. The third-order valence-electron chi connectivity index (χ3n) is 4.32. The van der Waals surface area contributed by atoms with Gasteiger partial charge in [-0.2, -0.15) is 0 Å². The fourth-order valence-electron chi connectivity index (χ4n) is 3.13. The Hall–Kier alpha value is -1.92. The fourth-order valence-corrected chi connectivity index (χ4v) is 5.66. The van der Waals surface area contributed by atoms with Gasteiger partial charge >= 0.3 is 0 Å². The van der Waals surface area contributed by atoms with Crippen LogP contribution in [-0.2, 0) is 22.6 Å². The molecule has 1 amide bonds. The topological polar surface area (TPSA) is 50.5 Å². The first-order valence-electron chi connectivity index (χ1n) is 8.15. The molecule has 128 valence electrons. The van der Waals surface area contributed by atoms with Gasteiger partial charge in [-0.15, -0.1) is 23.5 Å². The molecule has 2 aromatic rings. The summed E-state index contributed by atoms with van der Waals surface area (Å²) in [6.07, 6.45) is 2.01. The van der Waals surface area contributed by atoms with Crippen LogP contribution in [0, 0.1) is 0 Å². The molecule has 1 aromatic carbocycles. The average Bonchev–Trinajstić information content (AvgIpc) is 3.36. The minimum absolute atomic E-state index is 0.0748. The lowest BCUT2D eigenvalue weighted by Crippen LogP contribution is -2.36. The molecule has 25 heavy (non-hydrogen) atoms. The van der Waals surface area contributed by atoms with Crippen molar-refractivity contribution in [3.63, 3.8) is 0 Å². The van der Waals surface area contributed by atoms with Gasteiger partial charge in [0.25, 0.3) is 5.91 Å². The Kier molecular flexibility index (Phi) is 4.72. The number of Topliss-reactive ketones (excluding diaryl/α,β-unsaturated/α-hetero) is 1. The van der Waals surface area contributed by atoms with Gasteiger partial charge in [0.2, 0.25) is 0 Å². The van der Waals surface area contributed by atoms with Gasteiger partial charge in [0.15, 0.2) is 5.78 Å². The Labute approximate surface area is 154 Å². The maximum absolute atomic E-state index is 13.0. The molecular formula is C19H17NO3S2. The summed E-state index contributed by atoms with van der Waals surface area (Å²) < 4.78 is 6.31. The largest absolute Gasteiger partial charge is 0.469 e. The number of benzene rings is 1. The zero-order valence-corrected chi connectivity index (χ0v) is 15.1. The SMILES string of the molecule is O=C1C(=C2SCCS2)C(=O)N(Cc2ccccc2)C1Cc1ccco1. The minimum Gasteiger partial charge on any atom is -0.469 e. The molecule has 3 heterocycles. The van der Waals surface area contributed by atoms with Crippen LogP contribution in [0.25, 0.3) is 0 Å². The molecule has 4 rings (SSSR count). The molecule has 2 saturated heterocycles. The van der Waals surface area contributed by atoms with Crippen LogP contribution in [0.5, 0.6) is 0 Å². The van der Waals surface area contributed by atoms with Gasteiger partial charge in [0.1, 0.15) is 17.4 Å². The van der Waals surface area contributed by atoms with E-state index in [1.165, 1.54) is 0 Å². The number of ketones is 1. The van der Waals surface area contributed by atoms with Gasteiger partial charge < -0.3 is 9.32 Å². The zero-order chi connectivity index (χ0) is 17.2. The van der Waals surface area contributed by atoms with E-state index >= 15 is 0 Å². The normalized spacial score (nSPS) is 20.8. The summed E-state index contributed by atoms with van der Waals surface area (Å²) in [6, 6.07) is 13.0. The van der Waals surface area contributed by atoms with Crippen LogP contribution in [0.15, 0.2) is 63.0 Å². The van der Waals surface area contributed by atoms with E-state index in [9.17, 15) is 9.59 Å². The highest BCUT2D eigenvalue weighted by molar-refractivity contribution is 8.25. The van der Waals surface area contributed by atoms with Gasteiger partial charge in [-0.3, -0.25) is 9.59 Å². The average molecular weight is 371 g/mol. The predicted octanol–water partition coefficient (Wildman–Crippen LogP) is 3.49. The first kappa shape index (κ1) is 16.5. The Bertz CT molecular complexity index is 806. The van der Waals surface area contributed by atoms with E-state index in [-0.39, 0.29) is 11.7 Å². The number of carbonyl (C=O) groups is 2. The second kappa shape index (κ2) is 7.14. The van der Waals surface area contributed by atoms with E-state index in [2.05, 4.69) is 0 Å². The van der Waals surface area contributed by atoms with Crippen LogP contribution in [0.4, 0.5) is 0 Å². The monoisotopic (exact) mass is 371 g/mol. The van der Waals surface area contributed by atoms with Crippen molar-refractivity contribution >= 4 is 35.2 Å². The molecule has 1 unspecified atom stereocenters. The second-order valence-corrected chi connectivity index (χ2v) is 8.41. The third kappa shape index (κ3) is 3.28. The van der Waals surface area contributed by atoms with Crippen molar-refractivity contribution in [1.82, 2.24) is 4.90 Å². The molecule has 4 nitrogen and oxygen atoms in total. The Morgan fingerprint density at radius 3 is 2.48 bits per heavy atom. The molecule has 2 aliphatic heterocycles. The quantitative estimate of drug-likeness (QED) is 0.608. The molecule has 0 radical (unpaired) electrons. The summed E-state index contributed by atoms with van der Waals surface area (Å²) in [5.74, 6) is 2.40. The van der Waals surface area contributed by atoms with E-state index in [1.54, 1.807) is 40.8 Å². The lowest BCUT2D eigenvalue weighted by molar-refractivity contribution is -0.127. The third-order valence-corrected chi connectivity index (χ3v) is 7.04. The summed E-state index contributed by atoms with van der Waals surface area (Å²) in [5.41, 5.74) is 1.39. The predicted molar refractivity (Wildman–Crippen MR) is 100 cm³/mol. The first-order chi connectivity index (χ1) is 12.2. The van der Waals surface area contributed by atoms with E-state index in [0.29, 0.717) is 18.5 Å². The Morgan fingerprint density at radius 1 is 1.04 bits per heavy atom. The summed E-state index contributed by atoms with van der Waals surface area (Å²) in [7, 11) is 0. The summed E-state index contributed by atoms with van der Waals surface area (Å²) >= 11 is 3.23. The number of likely N-dealkylation sites (tertiary alicyclic amines) is 1. The molecule has 1 aromatic heterocycles. The van der Waals surface area contributed by atoms with E-state index in [0.717, 1.165) is 27.1 Å². The molecule has 2 fully saturated rings. The number of nitrogens with zero attached hydrogens (tertiary/aromatic N) is 1. The molecule has 6 heteroatoms. The van der Waals surface area contributed by atoms with Crippen molar-refractivity contribution in [1.29, 1.82) is 0 Å². The van der Waals surface area contributed by atoms with Crippen molar-refractivity contribution in [2.45, 2.75) is 19.0 Å². The van der Waals surface area contributed by atoms with Crippen LogP contribution in [0.3, 0.4) is 0 Å². The lowest BCUT2D eigenvalue weighted by atomic mass is 10.1. The van der Waals surface area contributed by atoms with Crippen LogP contribution in [0.1, 0.15) is 11.3 Å². The van der Waals surface area contributed by atoms with Crippen LogP contribution in [0.2, 0.25) is 0 Å². The van der Waals surface area contributed by atoms with Gasteiger partial charge in [0.05, 0.1) is 10.5 Å². The Balaban J connectivity index is 1.68. The van der Waals surface area contributed by atoms with Crippen LogP contribution < -0.4 is 0 Å². The standard InChI is InChI=1S/C19H17NO3S2/c21-17-15(11-14-7-4-8-23-14)20(12-13-5-2-1-3-6-13)18(22)16(17)19-24-9-10-25-19/h1-8,15H,9-12H2. The number of rotatable bonds is 4. The number of amides is 1. The second-order valence-electron chi connectivity index (χ2n) is 5.94. The number of hydrogen-bond acceptors (Lipinski definition) is 5. The van der Waals surface area contributed by atoms with Crippen molar-refractivity contribution < 1.29 is 14.0 Å². The number of thioether (sulfide) groups is 2. The Morgan fingerprint density at radius 2 is 1.80 bits per heavy atom. The summed E-state index contributed by atoms with van der Waals surface area (Å²) in [5, 5.41) is 0. The molecule has 2 aliphatic rings. The highest BCUT2D eigenvalue weighted by atomic mass is 32.2. The van der Waals surface area contributed by atoms with Crippen molar-refractivity contribution in [2.75, 3.05) is 11.5 Å². The van der Waals surface area contributed by atoms with Gasteiger partial charge in [-0.1, -0.05) is 30.3 Å². The molecule has 0 N–H and O–H groups in total. The van der Waals surface area contributed by atoms with Crippen molar-refractivity contribution in [3.05, 3.63) is 69.9 Å². The maximum atomic E-state index is 13.0. The minimum atomic E-state index is -0.497. The van der Waals surface area contributed by atoms with E-state index < -0.39 is 6.04 Å². The lowest BCUT2D eigenvalue weighted by Gasteiger charge is -2.22. The maximum Gasteiger partial charge on any atom is 0.260 e. The van der Waals surface area contributed by atoms with Crippen molar-refractivity contribution in [2.24, 2.45) is 0 Å². The van der Waals surface area contributed by atoms with Gasteiger partial charge in [-0.05, 0) is 17.7 Å². The summed E-state index contributed by atoms with van der Waals surface area (Å²) in [6.45, 7) is 0.433. The van der Waals surface area contributed by atoms with E-state index in [1.807, 2.05) is 36.4 Å². The van der Waals surface area contributed by atoms with Gasteiger partial charge in [0, 0.05) is 24.5 Å². The van der Waals surface area contributed by atoms with Crippen LogP contribution in [-0.4, -0.2) is 34.1 Å². The molecular weight excluding hydrogens is 354 g/mol. The smallest absolute Gasteiger partial charge is 0.260 e. The fraction of sp³-hybridized carbons (Fsp3) is 0.263. The van der Waals surface area contributed by atoms with E-state index in [4.69, 9.17) is 4.42 Å². The van der Waals surface area contributed by atoms with Crippen LogP contribution >= 0.6 is 23.5 Å². The highest BCUT2D eigenvalue weighted by Gasteiger charge is 2.45.